The molecule has 1 aromatic carbocycles. The molecule has 6 heteroatoms. The van der Waals surface area contributed by atoms with Gasteiger partial charge in [-0.05, 0) is 30.7 Å². The van der Waals surface area contributed by atoms with E-state index in [0.717, 1.165) is 11.3 Å². The van der Waals surface area contributed by atoms with Crippen molar-refractivity contribution in [1.82, 2.24) is 4.98 Å². The lowest BCUT2D eigenvalue weighted by Gasteiger charge is -2.07. The van der Waals surface area contributed by atoms with Crippen LogP contribution in [0, 0.1) is 17.0 Å². The molecule has 19 heavy (non-hydrogen) atoms. The van der Waals surface area contributed by atoms with E-state index in [9.17, 15) is 10.1 Å². The van der Waals surface area contributed by atoms with Gasteiger partial charge in [-0.25, -0.2) is 0 Å². The molecule has 0 atom stereocenters. The standard InChI is InChI=1S/C13H12ClN3O2/c1-9-2-3-10(7-15-9)8-16-11-4-5-12(14)13(6-11)17(18)19/h2-7,16H,8H2,1H3. The summed E-state index contributed by atoms with van der Waals surface area (Å²) in [6.45, 7) is 2.46. The van der Waals surface area contributed by atoms with E-state index in [4.69, 9.17) is 11.6 Å². The van der Waals surface area contributed by atoms with Gasteiger partial charge in [-0.2, -0.15) is 0 Å². The molecule has 0 saturated heterocycles. The monoisotopic (exact) mass is 277 g/mol. The Balaban J connectivity index is 2.09. The Hall–Kier alpha value is -2.14. The van der Waals surface area contributed by atoms with Gasteiger partial charge in [0.05, 0.1) is 4.92 Å². The lowest BCUT2D eigenvalue weighted by molar-refractivity contribution is -0.384. The fraction of sp³-hybridized carbons (Fsp3) is 0.154. The zero-order valence-electron chi connectivity index (χ0n) is 10.3. The first kappa shape index (κ1) is 13.3. The first-order valence-electron chi connectivity index (χ1n) is 5.65. The topological polar surface area (TPSA) is 68.1 Å². The van der Waals surface area contributed by atoms with Crippen molar-refractivity contribution in [3.8, 4) is 0 Å². The number of nitrogens with one attached hydrogen (secondary N) is 1. The lowest BCUT2D eigenvalue weighted by Crippen LogP contribution is -2.01. The maximum Gasteiger partial charge on any atom is 0.289 e. The molecule has 0 aliphatic rings. The summed E-state index contributed by atoms with van der Waals surface area (Å²) < 4.78 is 0. The molecular weight excluding hydrogens is 266 g/mol. The summed E-state index contributed by atoms with van der Waals surface area (Å²) in [4.78, 5) is 14.5. The third-order valence-corrected chi connectivity index (χ3v) is 2.93. The van der Waals surface area contributed by atoms with Crippen LogP contribution in [0.3, 0.4) is 0 Å². The van der Waals surface area contributed by atoms with E-state index >= 15 is 0 Å². The normalized spacial score (nSPS) is 10.2. The van der Waals surface area contributed by atoms with Gasteiger partial charge in [0.15, 0.2) is 0 Å². The number of hydrogen-bond acceptors (Lipinski definition) is 4. The number of hydrogen-bond donors (Lipinski definition) is 1. The van der Waals surface area contributed by atoms with Crippen LogP contribution in [0.4, 0.5) is 11.4 Å². The Kier molecular flexibility index (Phi) is 3.97. The van der Waals surface area contributed by atoms with Crippen LogP contribution >= 0.6 is 11.6 Å². The number of halogens is 1. The molecule has 0 spiro atoms. The van der Waals surface area contributed by atoms with Crippen LogP contribution in [-0.4, -0.2) is 9.91 Å². The minimum absolute atomic E-state index is 0.103. The van der Waals surface area contributed by atoms with Crippen molar-refractivity contribution in [3.05, 3.63) is 62.9 Å². The second kappa shape index (κ2) is 5.67. The van der Waals surface area contributed by atoms with Crippen LogP contribution in [0.25, 0.3) is 0 Å². The van der Waals surface area contributed by atoms with Gasteiger partial charge in [0, 0.05) is 30.2 Å². The quantitative estimate of drug-likeness (QED) is 0.685. The van der Waals surface area contributed by atoms with Crippen LogP contribution in [0.15, 0.2) is 36.5 Å². The Labute approximate surface area is 115 Å². The van der Waals surface area contributed by atoms with Crippen molar-refractivity contribution in [1.29, 1.82) is 0 Å². The molecule has 98 valence electrons. The molecule has 0 aliphatic heterocycles. The van der Waals surface area contributed by atoms with Gasteiger partial charge in [-0.15, -0.1) is 0 Å². The van der Waals surface area contributed by atoms with Crippen molar-refractivity contribution in [2.24, 2.45) is 0 Å². The van der Waals surface area contributed by atoms with E-state index in [0.29, 0.717) is 12.2 Å². The molecule has 5 nitrogen and oxygen atoms in total. The van der Waals surface area contributed by atoms with Crippen molar-refractivity contribution in [2.45, 2.75) is 13.5 Å². The number of benzene rings is 1. The van der Waals surface area contributed by atoms with Gasteiger partial charge in [0.1, 0.15) is 5.02 Å². The Morgan fingerprint density at radius 2 is 2.16 bits per heavy atom. The van der Waals surface area contributed by atoms with Crippen LogP contribution in [-0.2, 0) is 6.54 Å². The second-order valence-electron chi connectivity index (χ2n) is 4.08. The Bertz CT molecular complexity index is 599. The molecule has 0 bridgehead atoms. The lowest BCUT2D eigenvalue weighted by atomic mass is 10.2. The maximum atomic E-state index is 10.8. The molecule has 2 aromatic rings. The first-order valence-corrected chi connectivity index (χ1v) is 6.03. The van der Waals surface area contributed by atoms with Crippen LogP contribution in [0.5, 0.6) is 0 Å². The van der Waals surface area contributed by atoms with Crippen LogP contribution < -0.4 is 5.32 Å². The van der Waals surface area contributed by atoms with Crippen molar-refractivity contribution in [2.75, 3.05) is 5.32 Å². The summed E-state index contributed by atoms with van der Waals surface area (Å²) in [5.74, 6) is 0. The van der Waals surface area contributed by atoms with Crippen molar-refractivity contribution < 1.29 is 4.92 Å². The number of nitrogens with zero attached hydrogens (tertiary/aromatic N) is 2. The highest BCUT2D eigenvalue weighted by Gasteiger charge is 2.12. The van der Waals surface area contributed by atoms with Gasteiger partial charge in [0.25, 0.3) is 5.69 Å². The molecule has 0 radical (unpaired) electrons. The molecule has 1 N–H and O–H groups in total. The molecular formula is C13H12ClN3O2. The predicted molar refractivity (Wildman–Crippen MR) is 74.4 cm³/mol. The number of nitro benzene ring substituents is 1. The highest BCUT2D eigenvalue weighted by molar-refractivity contribution is 6.32. The van der Waals surface area contributed by atoms with Crippen LogP contribution in [0.1, 0.15) is 11.3 Å². The van der Waals surface area contributed by atoms with Crippen molar-refractivity contribution >= 4 is 23.0 Å². The fourth-order valence-corrected chi connectivity index (χ4v) is 1.76. The van der Waals surface area contributed by atoms with E-state index < -0.39 is 4.92 Å². The summed E-state index contributed by atoms with van der Waals surface area (Å²) in [6.07, 6.45) is 1.77. The maximum absolute atomic E-state index is 10.8. The molecule has 1 aromatic heterocycles. The molecule has 0 saturated carbocycles. The molecule has 0 unspecified atom stereocenters. The summed E-state index contributed by atoms with van der Waals surface area (Å²) in [6, 6.07) is 8.51. The minimum Gasteiger partial charge on any atom is -0.381 e. The number of rotatable bonds is 4. The number of pyridine rings is 1. The number of aryl methyl sites for hydroxylation is 1. The van der Waals surface area contributed by atoms with Crippen molar-refractivity contribution in [3.63, 3.8) is 0 Å². The van der Waals surface area contributed by atoms with E-state index in [1.165, 1.54) is 12.1 Å². The van der Waals surface area contributed by atoms with Gasteiger partial charge in [-0.1, -0.05) is 17.7 Å². The summed E-state index contributed by atoms with van der Waals surface area (Å²) in [5.41, 5.74) is 2.50. The number of nitro groups is 1. The third-order valence-electron chi connectivity index (χ3n) is 2.61. The Morgan fingerprint density at radius 3 is 2.79 bits per heavy atom. The van der Waals surface area contributed by atoms with Crippen LogP contribution in [0.2, 0.25) is 5.02 Å². The molecule has 0 amide bonds. The first-order chi connectivity index (χ1) is 9.06. The van der Waals surface area contributed by atoms with E-state index in [2.05, 4.69) is 10.3 Å². The number of anilines is 1. The summed E-state index contributed by atoms with van der Waals surface area (Å²) in [5, 5.41) is 14.0. The smallest absolute Gasteiger partial charge is 0.289 e. The van der Waals surface area contributed by atoms with E-state index in [-0.39, 0.29) is 10.7 Å². The SMILES string of the molecule is Cc1ccc(CNc2ccc(Cl)c([N+](=O)[O-])c2)cn1. The fourth-order valence-electron chi connectivity index (χ4n) is 1.57. The molecule has 1 heterocycles. The van der Waals surface area contributed by atoms with Gasteiger partial charge >= 0.3 is 0 Å². The predicted octanol–water partition coefficient (Wildman–Crippen LogP) is 3.56. The highest BCUT2D eigenvalue weighted by atomic mass is 35.5. The van der Waals surface area contributed by atoms with E-state index in [1.54, 1.807) is 12.3 Å². The summed E-state index contributed by atoms with van der Waals surface area (Å²) >= 11 is 5.75. The van der Waals surface area contributed by atoms with Gasteiger partial charge in [0.2, 0.25) is 0 Å². The van der Waals surface area contributed by atoms with Gasteiger partial charge < -0.3 is 5.32 Å². The molecule has 0 aliphatic carbocycles. The second-order valence-corrected chi connectivity index (χ2v) is 4.49. The Morgan fingerprint density at radius 1 is 1.37 bits per heavy atom. The van der Waals surface area contributed by atoms with Gasteiger partial charge in [-0.3, -0.25) is 15.1 Å². The number of aromatic nitrogens is 1. The largest absolute Gasteiger partial charge is 0.381 e. The zero-order valence-corrected chi connectivity index (χ0v) is 11.0. The molecule has 0 fully saturated rings. The average molecular weight is 278 g/mol. The zero-order chi connectivity index (χ0) is 13.8. The summed E-state index contributed by atoms with van der Waals surface area (Å²) in [7, 11) is 0. The van der Waals surface area contributed by atoms with E-state index in [1.807, 2.05) is 19.1 Å². The minimum atomic E-state index is -0.499. The highest BCUT2D eigenvalue weighted by Crippen LogP contribution is 2.27. The third kappa shape index (κ3) is 3.42. The molecule has 2 rings (SSSR count). The average Bonchev–Trinajstić information content (AvgIpc) is 2.39.